The minimum absolute atomic E-state index is 0.254. The van der Waals surface area contributed by atoms with Crippen LogP contribution in [-0.2, 0) is 6.54 Å². The highest BCUT2D eigenvalue weighted by Crippen LogP contribution is 2.26. The van der Waals surface area contributed by atoms with E-state index in [1.807, 2.05) is 24.3 Å². The van der Waals surface area contributed by atoms with Crippen LogP contribution in [0.2, 0.25) is 10.0 Å². The molecule has 0 saturated carbocycles. The summed E-state index contributed by atoms with van der Waals surface area (Å²) in [5.74, 6) is 1.15. The maximum Gasteiger partial charge on any atom is 0.249 e. The van der Waals surface area contributed by atoms with Crippen LogP contribution in [0.3, 0.4) is 0 Å². The lowest BCUT2D eigenvalue weighted by atomic mass is 10.2. The summed E-state index contributed by atoms with van der Waals surface area (Å²) in [4.78, 5) is 6.77. The second kappa shape index (κ2) is 8.34. The molecule has 1 heterocycles. The van der Waals surface area contributed by atoms with E-state index in [1.54, 1.807) is 18.3 Å². The quantitative estimate of drug-likeness (QED) is 0.618. The molecule has 0 radical (unpaired) electrons. The van der Waals surface area contributed by atoms with Gasteiger partial charge < -0.3 is 10.2 Å². The minimum Gasteiger partial charge on any atom is -0.348 e. The molecule has 0 amide bonds. The minimum atomic E-state index is 0.254. The van der Waals surface area contributed by atoms with E-state index in [0.717, 1.165) is 18.1 Å². The van der Waals surface area contributed by atoms with Crippen molar-refractivity contribution >= 4 is 40.7 Å². The van der Waals surface area contributed by atoms with Gasteiger partial charge in [-0.1, -0.05) is 53.5 Å². The Hall–Kier alpha value is -2.37. The van der Waals surface area contributed by atoms with Crippen molar-refractivity contribution in [2.75, 3.05) is 10.2 Å². The fourth-order valence-corrected chi connectivity index (χ4v) is 2.80. The van der Waals surface area contributed by atoms with Crippen LogP contribution in [-0.4, -0.2) is 21.2 Å². The number of nitrogens with zero attached hydrogens (tertiary/aromatic N) is 4. The average Bonchev–Trinajstić information content (AvgIpc) is 2.64. The highest BCUT2D eigenvalue weighted by atomic mass is 35.5. The number of benzene rings is 2. The number of rotatable bonds is 6. The van der Waals surface area contributed by atoms with Crippen LogP contribution in [0.5, 0.6) is 0 Å². The maximum atomic E-state index is 6.06. The van der Waals surface area contributed by atoms with Gasteiger partial charge in [0.15, 0.2) is 5.82 Å². The standard InChI is InChI=1S/C19H19Cl2N5/c1-13(2)26(12-14-6-4-3-5-7-14)18-11-22-25-19(24-18)23-15-8-9-16(20)17(21)10-15/h3-11,13H,12H2,1-2H3,(H,23,24,25). The molecule has 0 bridgehead atoms. The zero-order chi connectivity index (χ0) is 18.5. The van der Waals surface area contributed by atoms with Crippen molar-refractivity contribution in [1.29, 1.82) is 0 Å². The van der Waals surface area contributed by atoms with E-state index >= 15 is 0 Å². The topological polar surface area (TPSA) is 53.9 Å². The van der Waals surface area contributed by atoms with E-state index in [4.69, 9.17) is 23.2 Å². The number of hydrogen-bond donors (Lipinski definition) is 1. The van der Waals surface area contributed by atoms with E-state index < -0.39 is 0 Å². The smallest absolute Gasteiger partial charge is 0.249 e. The third kappa shape index (κ3) is 4.62. The van der Waals surface area contributed by atoms with Gasteiger partial charge in [0.1, 0.15) is 0 Å². The lowest BCUT2D eigenvalue weighted by molar-refractivity contribution is 0.668. The predicted molar refractivity (Wildman–Crippen MR) is 107 cm³/mol. The fraction of sp³-hybridized carbons (Fsp3) is 0.211. The molecule has 0 aliphatic heterocycles. The number of halogens is 2. The molecule has 0 atom stereocenters. The Morgan fingerprint density at radius 2 is 1.81 bits per heavy atom. The summed E-state index contributed by atoms with van der Waals surface area (Å²) in [6, 6.07) is 15.8. The summed E-state index contributed by atoms with van der Waals surface area (Å²) in [7, 11) is 0. The molecule has 1 aromatic heterocycles. The molecular formula is C19H19Cl2N5. The Morgan fingerprint density at radius 3 is 2.50 bits per heavy atom. The fourth-order valence-electron chi connectivity index (χ4n) is 2.50. The maximum absolute atomic E-state index is 6.06. The highest BCUT2D eigenvalue weighted by Gasteiger charge is 2.14. The van der Waals surface area contributed by atoms with Gasteiger partial charge in [-0.15, -0.1) is 5.10 Å². The van der Waals surface area contributed by atoms with E-state index in [0.29, 0.717) is 16.0 Å². The predicted octanol–water partition coefficient (Wildman–Crippen LogP) is 5.34. The molecule has 134 valence electrons. The average molecular weight is 388 g/mol. The van der Waals surface area contributed by atoms with E-state index in [1.165, 1.54) is 5.56 Å². The van der Waals surface area contributed by atoms with Crippen molar-refractivity contribution in [3.8, 4) is 0 Å². The zero-order valence-electron chi connectivity index (χ0n) is 14.5. The Bertz CT molecular complexity index is 871. The van der Waals surface area contributed by atoms with Gasteiger partial charge in [-0.25, -0.2) is 0 Å². The van der Waals surface area contributed by atoms with Gasteiger partial charge in [-0.05, 0) is 37.6 Å². The summed E-state index contributed by atoms with van der Waals surface area (Å²) in [5, 5.41) is 12.2. The molecule has 5 nitrogen and oxygen atoms in total. The molecular weight excluding hydrogens is 369 g/mol. The van der Waals surface area contributed by atoms with Gasteiger partial charge in [0.05, 0.1) is 16.2 Å². The van der Waals surface area contributed by atoms with Crippen molar-refractivity contribution in [3.63, 3.8) is 0 Å². The van der Waals surface area contributed by atoms with Crippen LogP contribution in [0.4, 0.5) is 17.5 Å². The molecule has 0 aliphatic rings. The first-order valence-corrected chi connectivity index (χ1v) is 9.01. The van der Waals surface area contributed by atoms with Crippen LogP contribution >= 0.6 is 23.2 Å². The number of anilines is 3. The van der Waals surface area contributed by atoms with Crippen molar-refractivity contribution in [2.45, 2.75) is 26.4 Å². The number of hydrogen-bond acceptors (Lipinski definition) is 5. The molecule has 0 saturated heterocycles. The van der Waals surface area contributed by atoms with Crippen molar-refractivity contribution in [2.24, 2.45) is 0 Å². The summed E-state index contributed by atoms with van der Waals surface area (Å²) < 4.78 is 0. The van der Waals surface area contributed by atoms with Gasteiger partial charge in [0, 0.05) is 18.3 Å². The molecule has 26 heavy (non-hydrogen) atoms. The number of aromatic nitrogens is 3. The molecule has 0 fully saturated rings. The van der Waals surface area contributed by atoms with Crippen molar-refractivity contribution in [3.05, 3.63) is 70.3 Å². The van der Waals surface area contributed by atoms with Crippen LogP contribution in [0.15, 0.2) is 54.7 Å². The largest absolute Gasteiger partial charge is 0.348 e. The molecule has 3 rings (SSSR count). The SMILES string of the molecule is CC(C)N(Cc1ccccc1)c1cnnc(Nc2ccc(Cl)c(Cl)c2)n1. The Kier molecular flexibility index (Phi) is 5.91. The first kappa shape index (κ1) is 18.4. The first-order valence-electron chi connectivity index (χ1n) is 8.25. The Balaban J connectivity index is 1.82. The van der Waals surface area contributed by atoms with Crippen molar-refractivity contribution < 1.29 is 0 Å². The van der Waals surface area contributed by atoms with Crippen LogP contribution < -0.4 is 10.2 Å². The molecule has 7 heteroatoms. The number of nitrogens with one attached hydrogen (secondary N) is 1. The second-order valence-electron chi connectivity index (χ2n) is 6.10. The molecule has 1 N–H and O–H groups in total. The molecule has 2 aromatic carbocycles. The third-order valence-corrected chi connectivity index (χ3v) is 4.57. The summed E-state index contributed by atoms with van der Waals surface area (Å²) in [6.45, 7) is 4.98. The summed E-state index contributed by atoms with van der Waals surface area (Å²) in [6.07, 6.45) is 1.67. The third-order valence-electron chi connectivity index (χ3n) is 3.84. The van der Waals surface area contributed by atoms with Crippen LogP contribution in [0.1, 0.15) is 19.4 Å². The van der Waals surface area contributed by atoms with Gasteiger partial charge in [0.25, 0.3) is 0 Å². The Morgan fingerprint density at radius 1 is 1.04 bits per heavy atom. The van der Waals surface area contributed by atoms with Gasteiger partial charge >= 0.3 is 0 Å². The first-order chi connectivity index (χ1) is 12.5. The molecule has 0 spiro atoms. The normalized spacial score (nSPS) is 10.8. The van der Waals surface area contributed by atoms with Gasteiger partial charge in [-0.2, -0.15) is 10.1 Å². The second-order valence-corrected chi connectivity index (χ2v) is 6.91. The monoisotopic (exact) mass is 387 g/mol. The lowest BCUT2D eigenvalue weighted by Crippen LogP contribution is -2.31. The van der Waals surface area contributed by atoms with E-state index in [9.17, 15) is 0 Å². The van der Waals surface area contributed by atoms with Gasteiger partial charge in [-0.3, -0.25) is 0 Å². The van der Waals surface area contributed by atoms with Gasteiger partial charge in [0.2, 0.25) is 5.95 Å². The van der Waals surface area contributed by atoms with E-state index in [2.05, 4.69) is 51.4 Å². The van der Waals surface area contributed by atoms with E-state index in [-0.39, 0.29) is 6.04 Å². The summed E-state index contributed by atoms with van der Waals surface area (Å²) in [5.41, 5.74) is 1.95. The molecule has 0 aliphatic carbocycles. The van der Waals surface area contributed by atoms with Crippen LogP contribution in [0, 0.1) is 0 Å². The van der Waals surface area contributed by atoms with Crippen LogP contribution in [0.25, 0.3) is 0 Å². The van der Waals surface area contributed by atoms with Crippen molar-refractivity contribution in [1.82, 2.24) is 15.2 Å². The highest BCUT2D eigenvalue weighted by molar-refractivity contribution is 6.42. The molecule has 3 aromatic rings. The zero-order valence-corrected chi connectivity index (χ0v) is 16.0. The lowest BCUT2D eigenvalue weighted by Gasteiger charge is -2.27. The molecule has 0 unspecified atom stereocenters. The summed E-state index contributed by atoms with van der Waals surface area (Å²) >= 11 is 12.0. The Labute approximate surface area is 163 Å².